The van der Waals surface area contributed by atoms with Gasteiger partial charge < -0.3 is 9.47 Å². The summed E-state index contributed by atoms with van der Waals surface area (Å²) in [5.74, 6) is -0.887. The first-order chi connectivity index (χ1) is 8.49. The van der Waals surface area contributed by atoms with Crippen molar-refractivity contribution in [3.05, 3.63) is 27.7 Å². The van der Waals surface area contributed by atoms with E-state index < -0.39 is 12.6 Å². The minimum absolute atomic E-state index is 0.0113. The fraction of sp³-hybridized carbons (Fsp3) is 0.364. The summed E-state index contributed by atoms with van der Waals surface area (Å²) in [5, 5.41) is 0.320. The third-order valence-electron chi connectivity index (χ3n) is 1.99. The first kappa shape index (κ1) is 15.4. The summed E-state index contributed by atoms with van der Waals surface area (Å²) in [6.45, 7) is -1.21. The molecule has 1 aromatic rings. The van der Waals surface area contributed by atoms with E-state index in [0.29, 0.717) is 15.4 Å². The molecule has 100 valence electrons. The maximum absolute atomic E-state index is 12.3. The molecule has 0 radical (unpaired) electrons. The Morgan fingerprint density at radius 1 is 1.44 bits per heavy atom. The maximum Gasteiger partial charge on any atom is 0.387 e. The predicted octanol–water partition coefficient (Wildman–Crippen LogP) is 4.12. The van der Waals surface area contributed by atoms with Gasteiger partial charge >= 0.3 is 12.6 Å². The highest BCUT2D eigenvalue weighted by atomic mass is 79.9. The minimum atomic E-state index is -3.00. The Bertz CT molecular complexity index is 439. The van der Waals surface area contributed by atoms with Gasteiger partial charge in [0.2, 0.25) is 0 Å². The number of carbonyl (C=O) groups excluding carboxylic acids is 1. The van der Waals surface area contributed by atoms with Crippen LogP contribution in [0.25, 0.3) is 0 Å². The van der Waals surface area contributed by atoms with Gasteiger partial charge in [0.1, 0.15) is 11.3 Å². The Hall–Kier alpha value is -0.690. The molecule has 18 heavy (non-hydrogen) atoms. The summed E-state index contributed by atoms with van der Waals surface area (Å²) in [4.78, 5) is 11.8. The summed E-state index contributed by atoms with van der Waals surface area (Å²) in [5.41, 5.74) is 0.524. The third-order valence-corrected chi connectivity index (χ3v) is 3.05. The Morgan fingerprint density at radius 2 is 2.11 bits per heavy atom. The number of halogens is 4. The first-order valence-corrected chi connectivity index (χ1v) is 6.91. The van der Waals surface area contributed by atoms with Gasteiger partial charge in [-0.1, -0.05) is 31.9 Å². The van der Waals surface area contributed by atoms with Crippen molar-refractivity contribution in [2.45, 2.75) is 18.9 Å². The van der Waals surface area contributed by atoms with Crippen LogP contribution in [0.4, 0.5) is 8.78 Å². The van der Waals surface area contributed by atoms with E-state index in [1.165, 1.54) is 6.07 Å². The number of hydrogen-bond acceptors (Lipinski definition) is 3. The summed E-state index contributed by atoms with van der Waals surface area (Å²) < 4.78 is 34.4. The third kappa shape index (κ3) is 3.91. The van der Waals surface area contributed by atoms with Crippen molar-refractivity contribution in [3.63, 3.8) is 0 Å². The van der Waals surface area contributed by atoms with Gasteiger partial charge in [-0.2, -0.15) is 8.78 Å². The molecule has 0 saturated carbocycles. The van der Waals surface area contributed by atoms with E-state index in [2.05, 4.69) is 36.6 Å². The number of esters is 1. The Morgan fingerprint density at radius 3 is 2.61 bits per heavy atom. The average molecular weight is 388 g/mol. The van der Waals surface area contributed by atoms with Gasteiger partial charge in [-0.3, -0.25) is 0 Å². The van der Waals surface area contributed by atoms with Crippen LogP contribution in [-0.4, -0.2) is 19.2 Å². The van der Waals surface area contributed by atoms with E-state index in [1.54, 1.807) is 13.0 Å². The molecule has 0 atom stereocenters. The minimum Gasteiger partial charge on any atom is -0.462 e. The van der Waals surface area contributed by atoms with Gasteiger partial charge in [-0.15, -0.1) is 0 Å². The fourth-order valence-corrected chi connectivity index (χ4v) is 2.29. The lowest BCUT2D eigenvalue weighted by molar-refractivity contribution is -0.0505. The second-order valence-corrected chi connectivity index (χ2v) is 4.65. The summed E-state index contributed by atoms with van der Waals surface area (Å²) in [7, 11) is 0. The summed E-state index contributed by atoms with van der Waals surface area (Å²) >= 11 is 6.36. The highest BCUT2D eigenvalue weighted by Gasteiger charge is 2.21. The lowest BCUT2D eigenvalue weighted by Gasteiger charge is -2.13. The fourth-order valence-electron chi connectivity index (χ4n) is 1.37. The van der Waals surface area contributed by atoms with Crippen LogP contribution in [0.15, 0.2) is 16.6 Å². The number of alkyl halides is 3. The SMILES string of the molecule is CCOC(=O)c1c(CBr)cc(Br)cc1OC(F)F. The molecule has 0 N–H and O–H groups in total. The second kappa shape index (κ2) is 7.04. The summed E-state index contributed by atoms with van der Waals surface area (Å²) in [6, 6.07) is 2.95. The summed E-state index contributed by atoms with van der Waals surface area (Å²) in [6.07, 6.45) is 0. The zero-order valence-electron chi connectivity index (χ0n) is 9.38. The number of carbonyl (C=O) groups is 1. The zero-order valence-corrected chi connectivity index (χ0v) is 12.6. The molecular formula is C11H10Br2F2O3. The molecule has 0 fully saturated rings. The van der Waals surface area contributed by atoms with Crippen LogP contribution in [0.1, 0.15) is 22.8 Å². The van der Waals surface area contributed by atoms with Gasteiger partial charge in [-0.05, 0) is 24.6 Å². The van der Waals surface area contributed by atoms with Crippen LogP contribution in [0, 0.1) is 0 Å². The van der Waals surface area contributed by atoms with Gasteiger partial charge in [0.25, 0.3) is 0 Å². The number of benzene rings is 1. The van der Waals surface area contributed by atoms with E-state index >= 15 is 0 Å². The van der Waals surface area contributed by atoms with E-state index in [-0.39, 0.29) is 17.9 Å². The molecule has 0 aliphatic heterocycles. The largest absolute Gasteiger partial charge is 0.462 e. The van der Waals surface area contributed by atoms with Crippen molar-refractivity contribution in [2.24, 2.45) is 0 Å². The molecule has 0 bridgehead atoms. The molecule has 0 spiro atoms. The number of hydrogen-bond donors (Lipinski definition) is 0. The smallest absolute Gasteiger partial charge is 0.387 e. The van der Waals surface area contributed by atoms with E-state index in [0.717, 1.165) is 0 Å². The highest BCUT2D eigenvalue weighted by Crippen LogP contribution is 2.31. The predicted molar refractivity (Wildman–Crippen MR) is 69.4 cm³/mol. The van der Waals surface area contributed by atoms with Crippen molar-refractivity contribution in [1.82, 2.24) is 0 Å². The molecule has 7 heteroatoms. The molecule has 0 aliphatic carbocycles. The van der Waals surface area contributed by atoms with Crippen LogP contribution in [0.2, 0.25) is 0 Å². The van der Waals surface area contributed by atoms with Crippen molar-refractivity contribution >= 4 is 37.8 Å². The topological polar surface area (TPSA) is 35.5 Å². The van der Waals surface area contributed by atoms with Gasteiger partial charge in [0.15, 0.2) is 0 Å². The lowest BCUT2D eigenvalue weighted by Crippen LogP contribution is -2.13. The molecular weight excluding hydrogens is 378 g/mol. The van der Waals surface area contributed by atoms with E-state index in [1.807, 2.05) is 0 Å². The van der Waals surface area contributed by atoms with Crippen molar-refractivity contribution in [2.75, 3.05) is 6.61 Å². The Balaban J connectivity index is 3.27. The molecule has 0 amide bonds. The molecule has 0 heterocycles. The molecule has 3 nitrogen and oxygen atoms in total. The van der Waals surface area contributed by atoms with Crippen molar-refractivity contribution in [3.8, 4) is 5.75 Å². The Kier molecular flexibility index (Phi) is 6.01. The molecule has 1 rings (SSSR count). The van der Waals surface area contributed by atoms with Crippen molar-refractivity contribution < 1.29 is 23.0 Å². The lowest BCUT2D eigenvalue weighted by atomic mass is 10.1. The van der Waals surface area contributed by atoms with Crippen LogP contribution in [-0.2, 0) is 10.1 Å². The molecule has 0 unspecified atom stereocenters. The zero-order chi connectivity index (χ0) is 13.7. The number of ether oxygens (including phenoxy) is 2. The molecule has 0 aliphatic rings. The molecule has 0 aromatic heterocycles. The van der Waals surface area contributed by atoms with Crippen LogP contribution in [0.5, 0.6) is 5.75 Å². The Labute approximate surface area is 120 Å². The van der Waals surface area contributed by atoms with Gasteiger partial charge in [0.05, 0.1) is 6.61 Å². The quantitative estimate of drug-likeness (QED) is 0.563. The first-order valence-electron chi connectivity index (χ1n) is 4.99. The van der Waals surface area contributed by atoms with E-state index in [4.69, 9.17) is 4.74 Å². The maximum atomic E-state index is 12.3. The number of rotatable bonds is 5. The molecule has 1 aromatic carbocycles. The van der Waals surface area contributed by atoms with E-state index in [9.17, 15) is 13.6 Å². The average Bonchev–Trinajstić information content (AvgIpc) is 2.27. The van der Waals surface area contributed by atoms with Gasteiger partial charge in [0, 0.05) is 9.80 Å². The van der Waals surface area contributed by atoms with Crippen molar-refractivity contribution in [1.29, 1.82) is 0 Å². The molecule has 0 saturated heterocycles. The highest BCUT2D eigenvalue weighted by molar-refractivity contribution is 9.10. The second-order valence-electron chi connectivity index (χ2n) is 3.17. The van der Waals surface area contributed by atoms with Crippen LogP contribution < -0.4 is 4.74 Å². The monoisotopic (exact) mass is 386 g/mol. The van der Waals surface area contributed by atoms with Crippen LogP contribution in [0.3, 0.4) is 0 Å². The normalized spacial score (nSPS) is 10.6. The van der Waals surface area contributed by atoms with Gasteiger partial charge in [-0.25, -0.2) is 4.79 Å². The standard InChI is InChI=1S/C11H10Br2F2O3/c1-2-17-10(16)9-6(5-12)3-7(13)4-8(9)18-11(14)15/h3-4,11H,2,5H2,1H3. The van der Waals surface area contributed by atoms with Crippen LogP contribution >= 0.6 is 31.9 Å².